The van der Waals surface area contributed by atoms with Crippen LogP contribution in [0.25, 0.3) is 10.9 Å². The molecular weight excluding hydrogens is 464 g/mol. The van der Waals surface area contributed by atoms with Gasteiger partial charge in [-0.2, -0.15) is 5.10 Å². The summed E-state index contributed by atoms with van der Waals surface area (Å²) in [6.45, 7) is -0.408. The van der Waals surface area contributed by atoms with Crippen molar-refractivity contribution in [2.75, 3.05) is 20.2 Å². The second-order valence-corrected chi connectivity index (χ2v) is 9.54. The van der Waals surface area contributed by atoms with E-state index in [4.69, 9.17) is 33.7 Å². The second-order valence-electron chi connectivity index (χ2n) is 8.00. The number of nitrogens with zero attached hydrogens (tertiary/aromatic N) is 3. The number of nitrogens with two attached hydrogens (primary N) is 1. The fourth-order valence-corrected chi connectivity index (χ4v) is 4.60. The highest BCUT2D eigenvalue weighted by Gasteiger charge is 2.53. The van der Waals surface area contributed by atoms with Crippen LogP contribution in [-0.4, -0.2) is 75.3 Å². The maximum atomic E-state index is 14.6. The number of ether oxygens (including phenoxy) is 1. The zero-order chi connectivity index (χ0) is 23.2. The Balaban J connectivity index is 1.54. The van der Waals surface area contributed by atoms with Crippen LogP contribution in [0.15, 0.2) is 24.3 Å². The van der Waals surface area contributed by atoms with E-state index in [1.807, 2.05) is 0 Å². The van der Waals surface area contributed by atoms with Gasteiger partial charge in [0.2, 0.25) is 11.8 Å². The zero-order valence-corrected chi connectivity index (χ0v) is 18.6. The number of benzene rings is 1. The Hall–Kier alpha value is -2.43. The van der Waals surface area contributed by atoms with E-state index in [1.165, 1.54) is 11.8 Å². The quantitative estimate of drug-likeness (QED) is 0.567. The Labute approximate surface area is 192 Å². The fourth-order valence-electron chi connectivity index (χ4n) is 4.07. The third kappa shape index (κ3) is 4.14. The molecule has 32 heavy (non-hydrogen) atoms. The summed E-state index contributed by atoms with van der Waals surface area (Å²) in [5, 5.41) is 7.34. The predicted octanol–water partition coefficient (Wildman–Crippen LogP) is 1.01. The number of hydrogen-bond acceptors (Lipinski definition) is 5. The van der Waals surface area contributed by atoms with Crippen LogP contribution in [0.2, 0.25) is 0 Å². The number of carbonyl (C=O) groups excluding carboxylic acids is 3. The minimum absolute atomic E-state index is 0.0253. The molecule has 172 valence electrons. The molecular formula is C20H22Cl2FN5O4. The van der Waals surface area contributed by atoms with Gasteiger partial charge in [-0.3, -0.25) is 19.1 Å². The molecule has 3 amide bonds. The van der Waals surface area contributed by atoms with E-state index in [2.05, 4.69) is 10.4 Å². The van der Waals surface area contributed by atoms with Crippen LogP contribution in [0, 0.1) is 5.92 Å². The van der Waals surface area contributed by atoms with Crippen LogP contribution in [-0.2, 0) is 20.9 Å². The predicted molar refractivity (Wildman–Crippen MR) is 115 cm³/mol. The maximum Gasteiger partial charge on any atom is 0.269 e. The molecule has 1 aliphatic carbocycles. The molecule has 4 rings (SSSR count). The summed E-state index contributed by atoms with van der Waals surface area (Å²) >= 11 is 12.0. The first-order chi connectivity index (χ1) is 15.1. The molecule has 3 N–H and O–H groups in total. The molecule has 1 aromatic heterocycles. The maximum absolute atomic E-state index is 14.6. The molecule has 2 fully saturated rings. The van der Waals surface area contributed by atoms with Gasteiger partial charge in [0.15, 0.2) is 5.69 Å². The lowest BCUT2D eigenvalue weighted by Gasteiger charge is -2.26. The van der Waals surface area contributed by atoms with Crippen LogP contribution in [0.1, 0.15) is 16.9 Å². The highest BCUT2D eigenvalue weighted by atomic mass is 35.5. The lowest BCUT2D eigenvalue weighted by atomic mass is 10.1. The second kappa shape index (κ2) is 8.49. The standard InChI is InChI=1S/C20H22Cl2FN5O4/c1-32-17-12(23)8-27(16(17)19(31)25-7-10-6-20(10,21)22)14(29)9-28-13-5-3-2-4-11(13)15(26-28)18(24)30/h2-5,10,12,16-17H,6-9H2,1H3,(H2,24,30)(H,25,31)/t10-,12+,16+,17-/m1/s1. The Morgan fingerprint density at radius 2 is 2.03 bits per heavy atom. The van der Waals surface area contributed by atoms with Crippen molar-refractivity contribution in [2.24, 2.45) is 11.7 Å². The minimum Gasteiger partial charge on any atom is -0.376 e. The highest BCUT2D eigenvalue weighted by molar-refractivity contribution is 6.50. The van der Waals surface area contributed by atoms with E-state index in [9.17, 15) is 18.8 Å². The van der Waals surface area contributed by atoms with Crippen molar-refractivity contribution in [2.45, 2.75) is 35.6 Å². The summed E-state index contributed by atoms with van der Waals surface area (Å²) in [5.41, 5.74) is 5.94. The number of alkyl halides is 3. The molecule has 2 heterocycles. The lowest BCUT2D eigenvalue weighted by Crippen LogP contribution is -2.52. The van der Waals surface area contributed by atoms with Crippen molar-refractivity contribution in [1.29, 1.82) is 0 Å². The molecule has 1 aromatic carbocycles. The third-order valence-electron chi connectivity index (χ3n) is 5.89. The summed E-state index contributed by atoms with van der Waals surface area (Å²) in [4.78, 5) is 38.8. The summed E-state index contributed by atoms with van der Waals surface area (Å²) in [6, 6.07) is 5.63. The van der Waals surface area contributed by atoms with Crippen molar-refractivity contribution in [3.63, 3.8) is 0 Å². The highest BCUT2D eigenvalue weighted by Crippen LogP contribution is 2.52. The number of fused-ring (bicyclic) bond motifs is 1. The Bertz CT molecular complexity index is 1080. The van der Waals surface area contributed by atoms with E-state index in [0.717, 1.165) is 4.90 Å². The summed E-state index contributed by atoms with van der Waals surface area (Å²) in [5.74, 6) is -1.94. The lowest BCUT2D eigenvalue weighted by molar-refractivity contribution is -0.141. The summed E-state index contributed by atoms with van der Waals surface area (Å²) < 4.78 is 20.3. The van der Waals surface area contributed by atoms with Gasteiger partial charge in [-0.05, 0) is 12.5 Å². The molecule has 0 spiro atoms. The smallest absolute Gasteiger partial charge is 0.269 e. The van der Waals surface area contributed by atoms with Crippen LogP contribution in [0.3, 0.4) is 0 Å². The average Bonchev–Trinajstić information content (AvgIpc) is 3.07. The molecule has 2 aliphatic rings. The van der Waals surface area contributed by atoms with E-state index in [1.54, 1.807) is 24.3 Å². The molecule has 4 atom stereocenters. The van der Waals surface area contributed by atoms with Gasteiger partial charge in [-0.15, -0.1) is 23.2 Å². The Kier molecular flexibility index (Phi) is 6.04. The number of amides is 3. The van der Waals surface area contributed by atoms with E-state index in [0.29, 0.717) is 17.3 Å². The molecule has 0 unspecified atom stereocenters. The molecule has 1 aliphatic heterocycles. The van der Waals surface area contributed by atoms with Gasteiger partial charge >= 0.3 is 0 Å². The minimum atomic E-state index is -1.55. The van der Waals surface area contributed by atoms with Crippen LogP contribution in [0.5, 0.6) is 0 Å². The van der Waals surface area contributed by atoms with E-state index >= 15 is 0 Å². The van der Waals surface area contributed by atoms with Gasteiger partial charge in [-0.25, -0.2) is 4.39 Å². The molecule has 0 bridgehead atoms. The van der Waals surface area contributed by atoms with Crippen LogP contribution >= 0.6 is 23.2 Å². The van der Waals surface area contributed by atoms with Crippen molar-refractivity contribution < 1.29 is 23.5 Å². The van der Waals surface area contributed by atoms with Gasteiger partial charge in [-0.1, -0.05) is 18.2 Å². The summed E-state index contributed by atoms with van der Waals surface area (Å²) in [6.07, 6.45) is -2.13. The summed E-state index contributed by atoms with van der Waals surface area (Å²) in [7, 11) is 1.29. The molecule has 1 saturated heterocycles. The van der Waals surface area contributed by atoms with E-state index < -0.39 is 40.4 Å². The molecule has 9 nitrogen and oxygen atoms in total. The molecule has 1 saturated carbocycles. The topological polar surface area (TPSA) is 120 Å². The zero-order valence-electron chi connectivity index (χ0n) is 17.1. The number of hydrogen-bond donors (Lipinski definition) is 2. The Morgan fingerprint density at radius 1 is 1.34 bits per heavy atom. The van der Waals surface area contributed by atoms with Gasteiger partial charge in [0.25, 0.3) is 5.91 Å². The number of para-hydroxylation sites is 1. The first-order valence-electron chi connectivity index (χ1n) is 10.0. The van der Waals surface area contributed by atoms with Crippen molar-refractivity contribution in [3.8, 4) is 0 Å². The fraction of sp³-hybridized carbons (Fsp3) is 0.500. The number of primary amides is 1. The van der Waals surface area contributed by atoms with Gasteiger partial charge in [0.05, 0.1) is 12.1 Å². The number of nitrogens with one attached hydrogen (secondary N) is 1. The number of carbonyl (C=O) groups is 3. The third-order valence-corrected chi connectivity index (χ3v) is 6.82. The molecule has 0 radical (unpaired) electrons. The van der Waals surface area contributed by atoms with E-state index in [-0.39, 0.29) is 31.2 Å². The van der Waals surface area contributed by atoms with Gasteiger partial charge in [0, 0.05) is 25.0 Å². The molecule has 2 aromatic rings. The number of methoxy groups -OCH3 is 1. The van der Waals surface area contributed by atoms with Crippen LogP contribution < -0.4 is 11.1 Å². The average molecular weight is 486 g/mol. The number of rotatable bonds is 7. The van der Waals surface area contributed by atoms with Crippen molar-refractivity contribution >= 4 is 51.8 Å². The number of halogens is 3. The monoisotopic (exact) mass is 485 g/mol. The number of aromatic nitrogens is 2. The largest absolute Gasteiger partial charge is 0.376 e. The first-order valence-corrected chi connectivity index (χ1v) is 10.8. The Morgan fingerprint density at radius 3 is 2.66 bits per heavy atom. The first kappa shape index (κ1) is 22.8. The van der Waals surface area contributed by atoms with Crippen molar-refractivity contribution in [3.05, 3.63) is 30.0 Å². The SMILES string of the molecule is CO[C@H]1[C@@H](C(=O)NC[C@H]2CC2(Cl)Cl)N(C(=O)Cn2nc(C(N)=O)c3ccccc32)C[C@@H]1F. The normalized spacial score (nSPS) is 26.3. The van der Waals surface area contributed by atoms with Gasteiger partial charge < -0.3 is 20.7 Å². The van der Waals surface area contributed by atoms with Crippen LogP contribution in [0.4, 0.5) is 4.39 Å². The number of likely N-dealkylation sites (tertiary alicyclic amines) is 1. The van der Waals surface area contributed by atoms with Gasteiger partial charge in [0.1, 0.15) is 29.2 Å². The molecule has 12 heteroatoms. The van der Waals surface area contributed by atoms with Crippen molar-refractivity contribution in [1.82, 2.24) is 20.0 Å².